The molecule has 2 saturated carbocycles. The summed E-state index contributed by atoms with van der Waals surface area (Å²) in [6.07, 6.45) is 9.72. The van der Waals surface area contributed by atoms with Gasteiger partial charge in [-0.05, 0) is 56.1 Å². The second-order valence-electron chi connectivity index (χ2n) is 11.0. The van der Waals surface area contributed by atoms with E-state index in [0.29, 0.717) is 31.4 Å². The number of fused-ring (bicyclic) bond motifs is 1. The molecule has 2 aliphatic heterocycles. The molecule has 38 heavy (non-hydrogen) atoms. The van der Waals surface area contributed by atoms with E-state index in [9.17, 15) is 9.59 Å². The van der Waals surface area contributed by atoms with Crippen molar-refractivity contribution in [1.82, 2.24) is 25.8 Å². The molecule has 1 aromatic heterocycles. The number of nitrogen functional groups attached to an aromatic ring is 1. The van der Waals surface area contributed by atoms with Crippen LogP contribution in [0.15, 0.2) is 17.1 Å². The number of nitrogens with zero attached hydrogens (tertiary/aromatic N) is 3. The molecule has 0 spiro atoms. The summed E-state index contributed by atoms with van der Waals surface area (Å²) in [5, 5.41) is 9.97. The van der Waals surface area contributed by atoms with Gasteiger partial charge in [-0.1, -0.05) is 38.2 Å². The average Bonchev–Trinajstić information content (AvgIpc) is 3.43. The van der Waals surface area contributed by atoms with Crippen LogP contribution in [0.4, 0.5) is 5.82 Å². The quantitative estimate of drug-likeness (QED) is 0.363. The Hall–Kier alpha value is -2.10. The Balaban J connectivity index is 0.00000200. The van der Waals surface area contributed by atoms with E-state index in [1.165, 1.54) is 32.1 Å². The topological polar surface area (TPSA) is 125 Å². The van der Waals surface area contributed by atoms with Crippen molar-refractivity contribution >= 4 is 48.3 Å². The molecule has 11 heteroatoms. The van der Waals surface area contributed by atoms with Gasteiger partial charge in [0.15, 0.2) is 0 Å². The van der Waals surface area contributed by atoms with Gasteiger partial charge >= 0.3 is 0 Å². The Morgan fingerprint density at radius 3 is 2.66 bits per heavy atom. The molecule has 0 aromatic carbocycles. The van der Waals surface area contributed by atoms with Gasteiger partial charge < -0.3 is 21.3 Å². The highest BCUT2D eigenvalue weighted by Gasteiger charge is 2.66. The molecule has 1 aromatic rings. The molecule has 0 bridgehead atoms. The summed E-state index contributed by atoms with van der Waals surface area (Å²) in [6, 6.07) is 3.38. The molecule has 0 radical (unpaired) electrons. The maximum absolute atomic E-state index is 14.1. The van der Waals surface area contributed by atoms with Crippen molar-refractivity contribution in [2.24, 2.45) is 16.8 Å². The second-order valence-corrected chi connectivity index (χ2v) is 11.0. The van der Waals surface area contributed by atoms with E-state index in [-0.39, 0.29) is 48.6 Å². The number of hydrogen-bond donors (Lipinski definition) is 4. The van der Waals surface area contributed by atoms with Crippen LogP contribution in [-0.4, -0.2) is 65.3 Å². The van der Waals surface area contributed by atoms with Crippen LogP contribution in [0.25, 0.3) is 0 Å². The molecule has 3 fully saturated rings. The third-order valence-corrected chi connectivity index (χ3v) is 8.66. The molecule has 212 valence electrons. The molecule has 9 nitrogen and oxygen atoms in total. The SMILES string of the molecule is Cc1nc(N)ccc1CNC(=O)[C@]12C[C@H]1CCCN2C(=O)[C@@H](CC1CCCCC1)NCC1=NCCN1.Cl.Cl. The van der Waals surface area contributed by atoms with Crippen molar-refractivity contribution in [3.63, 3.8) is 0 Å². The van der Waals surface area contributed by atoms with Crippen LogP contribution in [-0.2, 0) is 16.1 Å². The lowest BCUT2D eigenvalue weighted by Crippen LogP contribution is -2.60. The Morgan fingerprint density at radius 2 is 1.95 bits per heavy atom. The van der Waals surface area contributed by atoms with Gasteiger partial charge in [0.25, 0.3) is 0 Å². The fourth-order valence-corrected chi connectivity index (χ4v) is 6.52. The standard InChI is InChI=1S/C27H41N7O2.2ClH/c1-18-20(9-10-23(28)33-18)16-32-26(36)27-15-21(27)8-5-13-34(27)25(35)22(14-19-6-3-2-4-7-19)31-17-24-29-11-12-30-24;;/h9-10,19,21-22,31H,2-8,11-17H2,1H3,(H2,28,33)(H,29,30)(H,32,36);2*1H/t21-,22-,27+;;/m1../s1. The van der Waals surface area contributed by atoms with Crippen molar-refractivity contribution in [2.45, 2.75) is 82.8 Å². The number of amides is 2. The molecule has 2 aliphatic carbocycles. The fourth-order valence-electron chi connectivity index (χ4n) is 6.52. The van der Waals surface area contributed by atoms with Crippen LogP contribution < -0.4 is 21.7 Å². The Bertz CT molecular complexity index is 1020. The Kier molecular flexibility index (Phi) is 10.7. The molecular formula is C27H43Cl2N7O2. The number of amidine groups is 1. The number of hydrogen-bond acceptors (Lipinski definition) is 7. The maximum Gasteiger partial charge on any atom is 0.246 e. The van der Waals surface area contributed by atoms with Crippen LogP contribution in [0.3, 0.4) is 0 Å². The molecule has 0 unspecified atom stereocenters. The summed E-state index contributed by atoms with van der Waals surface area (Å²) in [7, 11) is 0. The lowest BCUT2D eigenvalue weighted by atomic mass is 9.84. The number of piperidine rings is 1. The van der Waals surface area contributed by atoms with Crippen LogP contribution >= 0.6 is 24.8 Å². The molecule has 2 amide bonds. The number of aryl methyl sites for hydroxylation is 1. The minimum atomic E-state index is -0.708. The summed E-state index contributed by atoms with van der Waals surface area (Å²) < 4.78 is 0. The van der Waals surface area contributed by atoms with Gasteiger partial charge in [0.2, 0.25) is 11.8 Å². The first-order chi connectivity index (χ1) is 17.5. The van der Waals surface area contributed by atoms with E-state index in [1.807, 2.05) is 17.9 Å². The van der Waals surface area contributed by atoms with E-state index in [1.54, 1.807) is 6.07 Å². The third-order valence-electron chi connectivity index (χ3n) is 8.66. The summed E-state index contributed by atoms with van der Waals surface area (Å²) in [5.74, 6) is 2.26. The Morgan fingerprint density at radius 1 is 1.16 bits per heavy atom. The summed E-state index contributed by atoms with van der Waals surface area (Å²) >= 11 is 0. The second kappa shape index (κ2) is 13.3. The molecular weight excluding hydrogens is 525 g/mol. The largest absolute Gasteiger partial charge is 0.384 e. The highest BCUT2D eigenvalue weighted by atomic mass is 35.5. The molecule has 3 atom stereocenters. The first kappa shape index (κ1) is 30.4. The zero-order chi connectivity index (χ0) is 25.1. The van der Waals surface area contributed by atoms with Gasteiger partial charge in [-0.2, -0.15) is 0 Å². The number of likely N-dealkylation sites (tertiary alicyclic amines) is 1. The van der Waals surface area contributed by atoms with Crippen molar-refractivity contribution in [3.05, 3.63) is 23.4 Å². The highest BCUT2D eigenvalue weighted by Crippen LogP contribution is 2.54. The third kappa shape index (κ3) is 6.54. The number of halogens is 2. The van der Waals surface area contributed by atoms with Crippen molar-refractivity contribution in [1.29, 1.82) is 0 Å². The number of aliphatic imine (C=N–C) groups is 1. The van der Waals surface area contributed by atoms with Gasteiger partial charge in [0, 0.05) is 25.3 Å². The van der Waals surface area contributed by atoms with Crippen LogP contribution in [0, 0.1) is 18.8 Å². The van der Waals surface area contributed by atoms with Crippen molar-refractivity contribution in [2.75, 3.05) is 31.9 Å². The highest BCUT2D eigenvalue weighted by molar-refractivity contribution is 5.96. The number of nitrogens with one attached hydrogen (secondary N) is 3. The van der Waals surface area contributed by atoms with Crippen LogP contribution in [0.2, 0.25) is 0 Å². The number of pyridine rings is 1. The Labute approximate surface area is 238 Å². The first-order valence-electron chi connectivity index (χ1n) is 13.8. The van der Waals surface area contributed by atoms with E-state index < -0.39 is 5.54 Å². The maximum atomic E-state index is 14.1. The molecule has 1 saturated heterocycles. The van der Waals surface area contributed by atoms with Gasteiger partial charge in [-0.15, -0.1) is 24.8 Å². The number of anilines is 1. The smallest absolute Gasteiger partial charge is 0.246 e. The number of carbonyl (C=O) groups is 2. The summed E-state index contributed by atoms with van der Waals surface area (Å²) in [4.78, 5) is 38.4. The van der Waals surface area contributed by atoms with Crippen molar-refractivity contribution in [3.8, 4) is 0 Å². The molecule has 5 N–H and O–H groups in total. The van der Waals surface area contributed by atoms with E-state index in [0.717, 1.165) is 55.9 Å². The minimum absolute atomic E-state index is 0. The zero-order valence-corrected chi connectivity index (χ0v) is 24.0. The number of carbonyl (C=O) groups excluding carboxylic acids is 2. The normalized spacial score (nSPS) is 25.1. The fraction of sp³-hybridized carbons (Fsp3) is 0.704. The molecule has 5 rings (SSSR count). The van der Waals surface area contributed by atoms with E-state index >= 15 is 0 Å². The summed E-state index contributed by atoms with van der Waals surface area (Å²) in [6.45, 7) is 5.16. The lowest BCUT2D eigenvalue weighted by Gasteiger charge is -2.39. The zero-order valence-electron chi connectivity index (χ0n) is 22.3. The number of nitrogens with two attached hydrogens (primary N) is 1. The van der Waals surface area contributed by atoms with E-state index in [4.69, 9.17) is 5.73 Å². The molecule has 3 heterocycles. The van der Waals surface area contributed by atoms with E-state index in [2.05, 4.69) is 25.9 Å². The number of aromatic nitrogens is 1. The van der Waals surface area contributed by atoms with Gasteiger partial charge in [-0.25, -0.2) is 4.98 Å². The van der Waals surface area contributed by atoms with Crippen LogP contribution in [0.5, 0.6) is 0 Å². The monoisotopic (exact) mass is 567 g/mol. The van der Waals surface area contributed by atoms with Crippen LogP contribution in [0.1, 0.15) is 69.0 Å². The van der Waals surface area contributed by atoms with Gasteiger partial charge in [-0.3, -0.25) is 19.9 Å². The number of rotatable bonds is 9. The first-order valence-corrected chi connectivity index (χ1v) is 13.8. The van der Waals surface area contributed by atoms with Crippen molar-refractivity contribution < 1.29 is 9.59 Å². The average molecular weight is 569 g/mol. The lowest BCUT2D eigenvalue weighted by molar-refractivity contribution is -0.146. The minimum Gasteiger partial charge on any atom is -0.384 e. The summed E-state index contributed by atoms with van der Waals surface area (Å²) in [5.41, 5.74) is 6.83. The predicted molar refractivity (Wildman–Crippen MR) is 155 cm³/mol. The van der Waals surface area contributed by atoms with Gasteiger partial charge in [0.05, 0.1) is 19.1 Å². The van der Waals surface area contributed by atoms with Gasteiger partial charge in [0.1, 0.15) is 17.2 Å². The predicted octanol–water partition coefficient (Wildman–Crippen LogP) is 2.74. The molecule has 4 aliphatic rings.